The Morgan fingerprint density at radius 3 is 2.46 bits per heavy atom. The minimum absolute atomic E-state index is 0.0941. The number of nitrogens with zero attached hydrogens (tertiary/aromatic N) is 2. The van der Waals surface area contributed by atoms with Crippen molar-refractivity contribution in [2.45, 2.75) is 31.7 Å². The number of benzene rings is 1. The molecule has 0 aliphatic heterocycles. The summed E-state index contributed by atoms with van der Waals surface area (Å²) in [5.41, 5.74) is -1.43. The molecule has 1 aromatic heterocycles. The van der Waals surface area contributed by atoms with Crippen LogP contribution in [0.25, 0.3) is 0 Å². The average Bonchev–Trinajstić information content (AvgIpc) is 2.64. The number of aromatic nitrogens is 2. The lowest BCUT2D eigenvalue weighted by atomic mass is 10.1. The van der Waals surface area contributed by atoms with Gasteiger partial charge >= 0.3 is 6.18 Å². The molecular formula is C18H21ClF3N3O3. The highest BCUT2D eigenvalue weighted by Crippen LogP contribution is 2.35. The van der Waals surface area contributed by atoms with Crippen LogP contribution in [0.1, 0.15) is 19.4 Å². The third-order valence-electron chi connectivity index (χ3n) is 3.63. The molecule has 0 aliphatic rings. The summed E-state index contributed by atoms with van der Waals surface area (Å²) >= 11 is 5.65. The van der Waals surface area contributed by atoms with Gasteiger partial charge in [0.2, 0.25) is 5.88 Å². The first kappa shape index (κ1) is 22.2. The summed E-state index contributed by atoms with van der Waals surface area (Å²) in [6.07, 6.45) is -5.54. The molecule has 1 aromatic carbocycles. The van der Waals surface area contributed by atoms with E-state index in [9.17, 15) is 18.3 Å². The molecule has 0 saturated carbocycles. The van der Waals surface area contributed by atoms with Crippen LogP contribution in [0.3, 0.4) is 0 Å². The number of ether oxygens (including phenoxy) is 2. The first-order valence-corrected chi connectivity index (χ1v) is 8.79. The van der Waals surface area contributed by atoms with Crippen LogP contribution in [-0.2, 0) is 6.18 Å². The minimum Gasteiger partial charge on any atom is -0.490 e. The van der Waals surface area contributed by atoms with Gasteiger partial charge in [-0.3, -0.25) is 0 Å². The van der Waals surface area contributed by atoms with Gasteiger partial charge in [0.15, 0.2) is 5.15 Å². The third kappa shape index (κ3) is 7.14. The monoisotopic (exact) mass is 419 g/mol. The second kappa shape index (κ2) is 9.40. The van der Waals surface area contributed by atoms with Crippen LogP contribution in [0.5, 0.6) is 11.6 Å². The molecule has 0 spiro atoms. The van der Waals surface area contributed by atoms with Crippen molar-refractivity contribution in [3.63, 3.8) is 0 Å². The highest BCUT2D eigenvalue weighted by atomic mass is 35.5. The summed E-state index contributed by atoms with van der Waals surface area (Å²) in [6, 6.07) is 7.99. The van der Waals surface area contributed by atoms with Gasteiger partial charge in [-0.1, -0.05) is 23.7 Å². The van der Waals surface area contributed by atoms with Crippen molar-refractivity contribution >= 4 is 11.6 Å². The maximum absolute atomic E-state index is 12.9. The molecule has 6 nitrogen and oxygen atoms in total. The zero-order valence-corrected chi connectivity index (χ0v) is 16.1. The van der Waals surface area contributed by atoms with E-state index in [1.807, 2.05) is 13.8 Å². The summed E-state index contributed by atoms with van der Waals surface area (Å²) in [4.78, 5) is 0. The van der Waals surface area contributed by atoms with Crippen LogP contribution in [0.15, 0.2) is 36.4 Å². The summed E-state index contributed by atoms with van der Waals surface area (Å²) in [5.74, 6) is -0.0233. The Kier molecular flexibility index (Phi) is 7.45. The molecule has 0 fully saturated rings. The molecule has 1 atom stereocenters. The number of alkyl halides is 3. The van der Waals surface area contributed by atoms with E-state index in [-0.39, 0.29) is 30.7 Å². The Labute approximate surface area is 165 Å². The van der Waals surface area contributed by atoms with Gasteiger partial charge in [0.05, 0.1) is 5.56 Å². The van der Waals surface area contributed by atoms with Crippen molar-refractivity contribution in [1.82, 2.24) is 15.5 Å². The maximum atomic E-state index is 12.9. The van der Waals surface area contributed by atoms with Crippen molar-refractivity contribution in [1.29, 1.82) is 0 Å². The fraction of sp³-hybridized carbons (Fsp3) is 0.444. The largest absolute Gasteiger partial charge is 0.490 e. The minimum atomic E-state index is -4.52. The molecule has 0 saturated heterocycles. The van der Waals surface area contributed by atoms with Crippen molar-refractivity contribution in [3.8, 4) is 11.6 Å². The normalized spacial score (nSPS) is 13.2. The lowest BCUT2D eigenvalue weighted by molar-refractivity contribution is -0.139. The molecule has 28 heavy (non-hydrogen) atoms. The third-order valence-corrected chi connectivity index (χ3v) is 3.83. The number of rotatable bonds is 9. The predicted octanol–water partition coefficient (Wildman–Crippen LogP) is 3.34. The van der Waals surface area contributed by atoms with E-state index in [0.717, 1.165) is 6.07 Å². The van der Waals surface area contributed by atoms with Crippen LogP contribution in [0.4, 0.5) is 13.2 Å². The van der Waals surface area contributed by atoms with E-state index in [1.165, 1.54) is 18.2 Å². The number of β-amino-alcohol motifs (C(OH)–C–C–N with tert-alkyl or cyclic N) is 1. The first-order valence-electron chi connectivity index (χ1n) is 8.41. The quantitative estimate of drug-likeness (QED) is 0.649. The molecule has 2 aromatic rings. The zero-order chi connectivity index (χ0) is 20.8. The Morgan fingerprint density at radius 1 is 1.11 bits per heavy atom. The van der Waals surface area contributed by atoms with Gasteiger partial charge in [-0.15, -0.1) is 10.2 Å². The number of hydrogen-bond donors (Lipinski definition) is 2. The van der Waals surface area contributed by atoms with Crippen molar-refractivity contribution in [2.75, 3.05) is 19.8 Å². The highest BCUT2D eigenvalue weighted by Gasteiger charge is 2.34. The molecule has 1 unspecified atom stereocenters. The lowest BCUT2D eigenvalue weighted by Crippen LogP contribution is -2.48. The maximum Gasteiger partial charge on any atom is 0.419 e. The van der Waals surface area contributed by atoms with Crippen molar-refractivity contribution in [2.24, 2.45) is 0 Å². The number of para-hydroxylation sites is 1. The lowest BCUT2D eigenvalue weighted by Gasteiger charge is -2.27. The number of halogens is 4. The Balaban J connectivity index is 1.80. The summed E-state index contributed by atoms with van der Waals surface area (Å²) in [6.45, 7) is 3.69. The smallest absolute Gasteiger partial charge is 0.419 e. The van der Waals surface area contributed by atoms with Gasteiger partial charge in [0.25, 0.3) is 0 Å². The van der Waals surface area contributed by atoms with E-state index in [1.54, 1.807) is 12.1 Å². The standard InChI is InChI=1S/C18H21ClF3N3O3/c1-17(2,11-28-16-8-7-15(19)24-25-16)23-9-12(26)10-27-14-6-4-3-5-13(14)18(20,21)22/h3-8,12,23,26H,9-11H2,1-2H3. The summed E-state index contributed by atoms with van der Waals surface area (Å²) < 4.78 is 49.5. The molecule has 154 valence electrons. The van der Waals surface area contributed by atoms with E-state index in [4.69, 9.17) is 21.1 Å². The van der Waals surface area contributed by atoms with Crippen molar-refractivity contribution in [3.05, 3.63) is 47.1 Å². The molecule has 0 radical (unpaired) electrons. The molecule has 0 amide bonds. The Morgan fingerprint density at radius 2 is 1.82 bits per heavy atom. The van der Waals surface area contributed by atoms with Crippen LogP contribution in [0.2, 0.25) is 5.15 Å². The number of aliphatic hydroxyl groups excluding tert-OH is 1. The van der Waals surface area contributed by atoms with Gasteiger partial charge in [-0.2, -0.15) is 13.2 Å². The van der Waals surface area contributed by atoms with Crippen LogP contribution in [-0.4, -0.2) is 46.7 Å². The van der Waals surface area contributed by atoms with Crippen LogP contribution >= 0.6 is 11.6 Å². The van der Waals surface area contributed by atoms with E-state index >= 15 is 0 Å². The van der Waals surface area contributed by atoms with E-state index < -0.39 is 23.4 Å². The second-order valence-corrected chi connectivity index (χ2v) is 7.09. The average molecular weight is 420 g/mol. The second-order valence-electron chi connectivity index (χ2n) is 6.71. The molecule has 0 bridgehead atoms. The fourth-order valence-electron chi connectivity index (χ4n) is 2.15. The number of hydrogen-bond acceptors (Lipinski definition) is 6. The first-order chi connectivity index (χ1) is 13.1. The number of nitrogens with one attached hydrogen (secondary N) is 1. The topological polar surface area (TPSA) is 76.5 Å². The molecule has 0 aliphatic carbocycles. The van der Waals surface area contributed by atoms with Crippen LogP contribution < -0.4 is 14.8 Å². The predicted molar refractivity (Wildman–Crippen MR) is 97.6 cm³/mol. The zero-order valence-electron chi connectivity index (χ0n) is 15.3. The SMILES string of the molecule is CC(C)(COc1ccc(Cl)nn1)NCC(O)COc1ccccc1C(F)(F)F. The van der Waals surface area contributed by atoms with Gasteiger partial charge in [0, 0.05) is 18.2 Å². The number of aliphatic hydroxyl groups is 1. The highest BCUT2D eigenvalue weighted by molar-refractivity contribution is 6.29. The molecular weight excluding hydrogens is 399 g/mol. The fourth-order valence-corrected chi connectivity index (χ4v) is 2.25. The molecule has 1 heterocycles. The van der Waals surface area contributed by atoms with E-state index in [2.05, 4.69) is 15.5 Å². The van der Waals surface area contributed by atoms with Crippen molar-refractivity contribution < 1.29 is 27.8 Å². The van der Waals surface area contributed by atoms with E-state index in [0.29, 0.717) is 5.88 Å². The molecule has 2 N–H and O–H groups in total. The molecule has 2 rings (SSSR count). The Hall–Kier alpha value is -2.10. The van der Waals surface area contributed by atoms with Gasteiger partial charge in [-0.05, 0) is 32.0 Å². The van der Waals surface area contributed by atoms with Gasteiger partial charge in [0.1, 0.15) is 25.1 Å². The van der Waals surface area contributed by atoms with Crippen LogP contribution in [0, 0.1) is 0 Å². The summed E-state index contributed by atoms with van der Waals surface area (Å²) in [7, 11) is 0. The summed E-state index contributed by atoms with van der Waals surface area (Å²) in [5, 5.41) is 20.8. The van der Waals surface area contributed by atoms with Gasteiger partial charge in [-0.25, -0.2) is 0 Å². The molecule has 10 heteroatoms. The van der Waals surface area contributed by atoms with Gasteiger partial charge < -0.3 is 19.9 Å². The Bertz CT molecular complexity index is 758.